The van der Waals surface area contributed by atoms with Crippen LogP contribution in [0.25, 0.3) is 0 Å². The topological polar surface area (TPSA) is 112 Å². The third kappa shape index (κ3) is 7.56. The molecule has 0 amide bonds. The van der Waals surface area contributed by atoms with Crippen molar-refractivity contribution in [2.45, 2.75) is 63.6 Å². The molecule has 1 aromatic carbocycles. The predicted octanol–water partition coefficient (Wildman–Crippen LogP) is 4.97. The van der Waals surface area contributed by atoms with E-state index in [2.05, 4.69) is 36.1 Å². The van der Waals surface area contributed by atoms with E-state index in [1.165, 1.54) is 18.3 Å². The number of unbranched alkanes of at least 4 members (excludes halogenated alkanes) is 1. The third-order valence-electron chi connectivity index (χ3n) is 6.14. The molecule has 37 heavy (non-hydrogen) atoms. The van der Waals surface area contributed by atoms with E-state index in [0.717, 1.165) is 29.1 Å². The third-order valence-corrected chi connectivity index (χ3v) is 7.85. The fraction of sp³-hybridized carbons (Fsp3) is 0.370. The van der Waals surface area contributed by atoms with E-state index in [0.29, 0.717) is 11.5 Å². The molecule has 0 saturated heterocycles. The molecular formula is C27H33FN4O4S. The van der Waals surface area contributed by atoms with Crippen LogP contribution in [0.15, 0.2) is 65.8 Å². The van der Waals surface area contributed by atoms with Crippen LogP contribution in [0.2, 0.25) is 0 Å². The Balaban J connectivity index is 1.93. The van der Waals surface area contributed by atoms with Gasteiger partial charge in [-0.25, -0.2) is 22.8 Å². The zero-order valence-corrected chi connectivity index (χ0v) is 22.1. The molecule has 0 unspecified atom stereocenters. The molecule has 2 aromatic heterocycles. The van der Waals surface area contributed by atoms with Crippen LogP contribution in [0.5, 0.6) is 0 Å². The maximum atomic E-state index is 15.3. The summed E-state index contributed by atoms with van der Waals surface area (Å²) < 4.78 is 43.5. The average Bonchev–Trinajstić information content (AvgIpc) is 2.87. The fourth-order valence-corrected chi connectivity index (χ4v) is 5.24. The molecule has 198 valence electrons. The van der Waals surface area contributed by atoms with Gasteiger partial charge in [0.1, 0.15) is 18.2 Å². The largest absolute Gasteiger partial charge is 0.480 e. The number of carboxylic acids is 1. The maximum Gasteiger partial charge on any atom is 0.322 e. The van der Waals surface area contributed by atoms with Gasteiger partial charge in [-0.2, -0.15) is 4.31 Å². The van der Waals surface area contributed by atoms with Crippen LogP contribution in [0, 0.1) is 5.82 Å². The van der Waals surface area contributed by atoms with Gasteiger partial charge in [-0.15, -0.1) is 0 Å². The molecule has 0 bridgehead atoms. The Kier molecular flexibility index (Phi) is 9.34. The molecule has 3 aromatic rings. The van der Waals surface area contributed by atoms with Crippen molar-refractivity contribution in [3.63, 3.8) is 0 Å². The fourth-order valence-electron chi connectivity index (χ4n) is 3.92. The molecule has 0 saturated carbocycles. The lowest BCUT2D eigenvalue weighted by molar-refractivity contribution is -0.134. The van der Waals surface area contributed by atoms with Crippen LogP contribution in [0.3, 0.4) is 0 Å². The minimum Gasteiger partial charge on any atom is -0.480 e. The number of carboxylic acid groups (broad SMARTS) is 1. The number of aliphatic carboxylic acids is 1. The van der Waals surface area contributed by atoms with Gasteiger partial charge in [0.15, 0.2) is 5.03 Å². The number of nitrogens with zero attached hydrogens (tertiary/aromatic N) is 3. The minimum atomic E-state index is -4.10. The van der Waals surface area contributed by atoms with E-state index in [1.807, 2.05) is 6.07 Å². The number of hydrogen-bond donors (Lipinski definition) is 2. The first-order valence-electron chi connectivity index (χ1n) is 12.1. The molecule has 0 fully saturated rings. The SMILES string of the molecule is CCCCC(C)(C)c1ccc(CN(Cc2cccc(NCC(=O)O)n2)S(=O)(=O)c2ccccn2)c(F)c1. The predicted molar refractivity (Wildman–Crippen MR) is 140 cm³/mol. The number of carbonyl (C=O) groups is 1. The minimum absolute atomic E-state index is 0.159. The number of aromatic nitrogens is 2. The Morgan fingerprint density at radius 2 is 1.89 bits per heavy atom. The number of anilines is 1. The monoisotopic (exact) mass is 528 g/mol. The van der Waals surface area contributed by atoms with Crippen molar-refractivity contribution < 1.29 is 22.7 Å². The highest BCUT2D eigenvalue weighted by Crippen LogP contribution is 2.31. The summed E-state index contributed by atoms with van der Waals surface area (Å²) in [4.78, 5) is 19.2. The smallest absolute Gasteiger partial charge is 0.322 e. The van der Waals surface area contributed by atoms with Crippen molar-refractivity contribution in [2.75, 3.05) is 11.9 Å². The van der Waals surface area contributed by atoms with Gasteiger partial charge in [0.25, 0.3) is 10.0 Å². The highest BCUT2D eigenvalue weighted by Gasteiger charge is 2.28. The molecular weight excluding hydrogens is 495 g/mol. The van der Waals surface area contributed by atoms with Gasteiger partial charge in [-0.3, -0.25) is 4.79 Å². The van der Waals surface area contributed by atoms with Crippen LogP contribution in [-0.2, 0) is 33.3 Å². The Morgan fingerprint density at radius 1 is 1.11 bits per heavy atom. The van der Waals surface area contributed by atoms with Gasteiger partial charge in [0, 0.05) is 18.3 Å². The molecule has 10 heteroatoms. The molecule has 0 spiro atoms. The van der Waals surface area contributed by atoms with E-state index in [9.17, 15) is 13.2 Å². The highest BCUT2D eigenvalue weighted by molar-refractivity contribution is 7.89. The van der Waals surface area contributed by atoms with E-state index in [-0.39, 0.29) is 35.6 Å². The van der Waals surface area contributed by atoms with Crippen LogP contribution < -0.4 is 5.32 Å². The molecule has 0 aliphatic rings. The Hall–Kier alpha value is -3.37. The average molecular weight is 529 g/mol. The summed E-state index contributed by atoms with van der Waals surface area (Å²) in [5, 5.41) is 11.4. The van der Waals surface area contributed by atoms with E-state index in [4.69, 9.17) is 5.11 Å². The summed E-state index contributed by atoms with van der Waals surface area (Å²) in [6.45, 7) is 5.54. The van der Waals surface area contributed by atoms with E-state index < -0.39 is 21.8 Å². The molecule has 2 heterocycles. The summed E-state index contributed by atoms with van der Waals surface area (Å²) in [7, 11) is -4.10. The van der Waals surface area contributed by atoms with Crippen molar-refractivity contribution in [2.24, 2.45) is 0 Å². The maximum absolute atomic E-state index is 15.3. The summed E-state index contributed by atoms with van der Waals surface area (Å²) in [5.74, 6) is -1.24. The van der Waals surface area contributed by atoms with E-state index >= 15 is 4.39 Å². The standard InChI is InChI=1S/C27H33FN4O4S/c1-4-5-14-27(2,3)21-13-12-20(23(28)16-21)18-32(37(35,36)25-11-6-7-15-29-25)19-22-9-8-10-24(31-22)30-17-26(33)34/h6-13,15-16H,4-5,14,17-19H2,1-3H3,(H,30,31)(H,33,34). The van der Waals surface area contributed by atoms with Crippen molar-refractivity contribution in [1.29, 1.82) is 0 Å². The molecule has 0 aliphatic heterocycles. The number of nitrogens with one attached hydrogen (secondary N) is 1. The van der Waals surface area contributed by atoms with Crippen LogP contribution >= 0.6 is 0 Å². The van der Waals surface area contributed by atoms with Gasteiger partial charge in [-0.1, -0.05) is 57.9 Å². The lowest BCUT2D eigenvalue weighted by Gasteiger charge is -2.26. The summed E-state index contributed by atoms with van der Waals surface area (Å²) in [6.07, 6.45) is 4.37. The van der Waals surface area contributed by atoms with Crippen molar-refractivity contribution in [1.82, 2.24) is 14.3 Å². The zero-order valence-electron chi connectivity index (χ0n) is 21.3. The number of benzene rings is 1. The number of halogens is 1. The van der Waals surface area contributed by atoms with Crippen molar-refractivity contribution in [3.8, 4) is 0 Å². The first-order valence-corrected chi connectivity index (χ1v) is 13.6. The zero-order chi connectivity index (χ0) is 27.1. The Morgan fingerprint density at radius 3 is 2.54 bits per heavy atom. The number of pyridine rings is 2. The normalized spacial score (nSPS) is 12.0. The molecule has 0 radical (unpaired) electrons. The molecule has 3 rings (SSSR count). The van der Waals surface area contributed by atoms with Crippen molar-refractivity contribution in [3.05, 3.63) is 83.4 Å². The van der Waals surface area contributed by atoms with E-state index in [1.54, 1.807) is 36.4 Å². The molecule has 8 nitrogen and oxygen atoms in total. The summed E-state index contributed by atoms with van der Waals surface area (Å²) >= 11 is 0. The second-order valence-electron chi connectivity index (χ2n) is 9.50. The Labute approximate surface area is 217 Å². The van der Waals surface area contributed by atoms with Gasteiger partial charge in [0.05, 0.1) is 12.2 Å². The number of sulfonamides is 1. The lowest BCUT2D eigenvalue weighted by atomic mass is 9.80. The lowest BCUT2D eigenvalue weighted by Crippen LogP contribution is -2.31. The van der Waals surface area contributed by atoms with Crippen molar-refractivity contribution >= 4 is 21.8 Å². The second-order valence-corrected chi connectivity index (χ2v) is 11.4. The quantitative estimate of drug-likeness (QED) is 0.322. The molecule has 2 N–H and O–H groups in total. The number of hydrogen-bond acceptors (Lipinski definition) is 6. The first-order chi connectivity index (χ1) is 17.5. The molecule has 0 atom stereocenters. The first kappa shape index (κ1) is 28.2. The summed E-state index contributed by atoms with van der Waals surface area (Å²) in [5.41, 5.74) is 1.25. The Bertz CT molecular complexity index is 1320. The molecule has 0 aliphatic carbocycles. The summed E-state index contributed by atoms with van der Waals surface area (Å²) in [6, 6.07) is 14.4. The van der Waals surface area contributed by atoms with Crippen LogP contribution in [0.4, 0.5) is 10.2 Å². The highest BCUT2D eigenvalue weighted by atomic mass is 32.2. The number of rotatable bonds is 13. The van der Waals surface area contributed by atoms with Gasteiger partial charge < -0.3 is 10.4 Å². The van der Waals surface area contributed by atoms with Gasteiger partial charge in [0.2, 0.25) is 0 Å². The van der Waals surface area contributed by atoms with Crippen LogP contribution in [-0.4, -0.2) is 40.3 Å². The van der Waals surface area contributed by atoms with Crippen LogP contribution in [0.1, 0.15) is 56.9 Å². The van der Waals surface area contributed by atoms with Gasteiger partial charge in [-0.05, 0) is 47.7 Å². The second kappa shape index (κ2) is 12.2. The van der Waals surface area contributed by atoms with Gasteiger partial charge >= 0.3 is 5.97 Å².